The lowest BCUT2D eigenvalue weighted by Gasteiger charge is -2.22. The maximum Gasteiger partial charge on any atom is 0.324 e. The zero-order valence-electron chi connectivity index (χ0n) is 22.0. The van der Waals surface area contributed by atoms with E-state index in [4.69, 9.17) is 21.4 Å². The SMILES string of the molecule is Cc1ccc(-n2nc(C(C)(C)C)cc2NC(=O)Nc2ccc(Oc3ccnc(Cl)n3)c3c2CCCC3)cc1. The highest BCUT2D eigenvalue weighted by atomic mass is 35.5. The van der Waals surface area contributed by atoms with Crippen molar-refractivity contribution in [3.05, 3.63) is 82.4 Å². The van der Waals surface area contributed by atoms with Crippen molar-refractivity contribution in [3.8, 4) is 17.3 Å². The van der Waals surface area contributed by atoms with E-state index in [-0.39, 0.29) is 16.7 Å². The first kappa shape index (κ1) is 25.7. The van der Waals surface area contributed by atoms with Crippen LogP contribution in [-0.4, -0.2) is 25.8 Å². The van der Waals surface area contributed by atoms with E-state index in [0.717, 1.165) is 59.4 Å². The molecule has 9 heteroatoms. The van der Waals surface area contributed by atoms with Gasteiger partial charge in [-0.1, -0.05) is 38.5 Å². The number of fused-ring (bicyclic) bond motifs is 1. The first-order valence-electron chi connectivity index (χ1n) is 12.7. The Bertz CT molecular complexity index is 1470. The average Bonchev–Trinajstić information content (AvgIpc) is 3.30. The summed E-state index contributed by atoms with van der Waals surface area (Å²) < 4.78 is 7.82. The Labute approximate surface area is 227 Å². The van der Waals surface area contributed by atoms with E-state index >= 15 is 0 Å². The molecule has 2 N–H and O–H groups in total. The molecule has 0 saturated carbocycles. The number of hydrogen-bond donors (Lipinski definition) is 2. The van der Waals surface area contributed by atoms with E-state index in [0.29, 0.717) is 17.4 Å². The van der Waals surface area contributed by atoms with Crippen molar-refractivity contribution in [1.29, 1.82) is 0 Å². The number of nitrogens with one attached hydrogen (secondary N) is 2. The smallest absolute Gasteiger partial charge is 0.324 e. The number of ether oxygens (including phenoxy) is 1. The fourth-order valence-electron chi connectivity index (χ4n) is 4.53. The van der Waals surface area contributed by atoms with Gasteiger partial charge in [0.25, 0.3) is 0 Å². The molecule has 1 aliphatic rings. The van der Waals surface area contributed by atoms with Crippen LogP contribution in [-0.2, 0) is 18.3 Å². The third-order valence-corrected chi connectivity index (χ3v) is 6.74. The summed E-state index contributed by atoms with van der Waals surface area (Å²) in [5, 5.41) is 11.0. The summed E-state index contributed by atoms with van der Waals surface area (Å²) in [6, 6.07) is 15.1. The van der Waals surface area contributed by atoms with Gasteiger partial charge in [0, 0.05) is 35.0 Å². The molecule has 0 saturated heterocycles. The topological polar surface area (TPSA) is 94.0 Å². The number of anilines is 2. The Hall–Kier alpha value is -3.91. The minimum Gasteiger partial charge on any atom is -0.439 e. The maximum absolute atomic E-state index is 13.3. The van der Waals surface area contributed by atoms with Crippen LogP contribution in [0.25, 0.3) is 5.69 Å². The predicted molar refractivity (Wildman–Crippen MR) is 150 cm³/mol. The lowest BCUT2D eigenvalue weighted by atomic mass is 9.89. The number of nitrogens with zero attached hydrogens (tertiary/aromatic N) is 4. The molecule has 0 fully saturated rings. The van der Waals surface area contributed by atoms with E-state index < -0.39 is 0 Å². The summed E-state index contributed by atoms with van der Waals surface area (Å²) in [5.41, 5.74) is 5.66. The highest BCUT2D eigenvalue weighted by Crippen LogP contribution is 2.37. The third-order valence-electron chi connectivity index (χ3n) is 6.55. The van der Waals surface area contributed by atoms with Crippen LogP contribution in [0.3, 0.4) is 0 Å². The minimum atomic E-state index is -0.331. The number of carbonyl (C=O) groups excluding carboxylic acids is 1. The zero-order chi connectivity index (χ0) is 26.9. The van der Waals surface area contributed by atoms with Crippen LogP contribution in [0.5, 0.6) is 11.6 Å². The minimum absolute atomic E-state index is 0.130. The number of rotatable bonds is 5. The quantitative estimate of drug-likeness (QED) is 0.265. The summed E-state index contributed by atoms with van der Waals surface area (Å²) in [7, 11) is 0. The Balaban J connectivity index is 1.41. The van der Waals surface area contributed by atoms with Crippen LogP contribution >= 0.6 is 11.6 Å². The van der Waals surface area contributed by atoms with Gasteiger partial charge in [-0.25, -0.2) is 14.5 Å². The summed E-state index contributed by atoms with van der Waals surface area (Å²) in [6.07, 6.45) is 5.36. The Morgan fingerprint density at radius 3 is 2.45 bits per heavy atom. The average molecular weight is 531 g/mol. The van der Waals surface area contributed by atoms with Crippen molar-refractivity contribution in [2.45, 2.75) is 58.8 Å². The Morgan fingerprint density at radius 1 is 1.00 bits per heavy atom. The molecule has 4 aromatic rings. The van der Waals surface area contributed by atoms with Crippen LogP contribution < -0.4 is 15.4 Å². The van der Waals surface area contributed by atoms with E-state index in [1.807, 2.05) is 49.4 Å². The van der Waals surface area contributed by atoms with Crippen LogP contribution in [0.1, 0.15) is 56.0 Å². The number of urea groups is 1. The molecule has 0 unspecified atom stereocenters. The van der Waals surface area contributed by atoms with Crippen molar-refractivity contribution in [1.82, 2.24) is 19.7 Å². The van der Waals surface area contributed by atoms with Gasteiger partial charge < -0.3 is 10.1 Å². The van der Waals surface area contributed by atoms with Crippen LogP contribution in [0.4, 0.5) is 16.3 Å². The molecule has 5 rings (SSSR count). The second kappa shape index (κ2) is 10.5. The highest BCUT2D eigenvalue weighted by Gasteiger charge is 2.23. The van der Waals surface area contributed by atoms with Crippen molar-refractivity contribution < 1.29 is 9.53 Å². The molecule has 0 aliphatic heterocycles. The Kier molecular flexibility index (Phi) is 7.08. The van der Waals surface area contributed by atoms with Crippen LogP contribution in [0.2, 0.25) is 5.28 Å². The number of halogens is 1. The standard InChI is InChI=1S/C29H31ClN6O2/c1-18-9-11-19(12-10-18)36-25(17-24(35-36)29(2,3)4)33-28(37)32-22-13-14-23(21-8-6-5-7-20(21)22)38-26-15-16-31-27(30)34-26/h9-17H,5-8H2,1-4H3,(H2,32,33,37). The Morgan fingerprint density at radius 2 is 1.74 bits per heavy atom. The third kappa shape index (κ3) is 5.65. The molecule has 2 heterocycles. The van der Waals surface area contributed by atoms with Gasteiger partial charge in [0.05, 0.1) is 11.4 Å². The molecule has 2 amide bonds. The van der Waals surface area contributed by atoms with Gasteiger partial charge in [-0.2, -0.15) is 10.1 Å². The molecule has 1 aliphatic carbocycles. The molecule has 0 radical (unpaired) electrons. The molecule has 0 spiro atoms. The molecule has 196 valence electrons. The van der Waals surface area contributed by atoms with Gasteiger partial charge in [-0.15, -0.1) is 0 Å². The van der Waals surface area contributed by atoms with Crippen molar-refractivity contribution in [3.63, 3.8) is 0 Å². The zero-order valence-corrected chi connectivity index (χ0v) is 22.8. The molecule has 8 nitrogen and oxygen atoms in total. The molecular formula is C29H31ClN6O2. The largest absolute Gasteiger partial charge is 0.439 e. The molecular weight excluding hydrogens is 500 g/mol. The fourth-order valence-corrected chi connectivity index (χ4v) is 4.67. The molecule has 0 atom stereocenters. The number of hydrogen-bond acceptors (Lipinski definition) is 5. The second-order valence-corrected chi connectivity index (χ2v) is 10.9. The second-order valence-electron chi connectivity index (χ2n) is 10.5. The molecule has 2 aromatic carbocycles. The summed E-state index contributed by atoms with van der Waals surface area (Å²) in [5.74, 6) is 1.70. The van der Waals surface area contributed by atoms with Gasteiger partial charge in [0.15, 0.2) is 0 Å². The summed E-state index contributed by atoms with van der Waals surface area (Å²) in [6.45, 7) is 8.35. The number of aromatic nitrogens is 4. The van der Waals surface area contributed by atoms with Gasteiger partial charge in [-0.3, -0.25) is 5.32 Å². The highest BCUT2D eigenvalue weighted by molar-refractivity contribution is 6.28. The van der Waals surface area contributed by atoms with Gasteiger partial charge in [0.2, 0.25) is 11.2 Å². The van der Waals surface area contributed by atoms with Crippen molar-refractivity contribution >= 4 is 29.1 Å². The predicted octanol–water partition coefficient (Wildman–Crippen LogP) is 7.24. The van der Waals surface area contributed by atoms with Crippen LogP contribution in [0.15, 0.2) is 54.7 Å². The van der Waals surface area contributed by atoms with E-state index in [9.17, 15) is 4.79 Å². The van der Waals surface area contributed by atoms with Gasteiger partial charge >= 0.3 is 6.03 Å². The summed E-state index contributed by atoms with van der Waals surface area (Å²) in [4.78, 5) is 21.3. The lowest BCUT2D eigenvalue weighted by Crippen LogP contribution is -2.23. The van der Waals surface area contributed by atoms with Gasteiger partial charge in [-0.05, 0) is 74.0 Å². The number of carbonyl (C=O) groups is 1. The van der Waals surface area contributed by atoms with E-state index in [1.54, 1.807) is 16.9 Å². The summed E-state index contributed by atoms with van der Waals surface area (Å²) >= 11 is 5.92. The van der Waals surface area contributed by atoms with Gasteiger partial charge in [0.1, 0.15) is 11.6 Å². The van der Waals surface area contributed by atoms with E-state index in [2.05, 4.69) is 41.4 Å². The first-order valence-corrected chi connectivity index (χ1v) is 13.1. The first-order chi connectivity index (χ1) is 18.2. The van der Waals surface area contributed by atoms with E-state index in [1.165, 1.54) is 0 Å². The molecule has 2 aromatic heterocycles. The molecule has 38 heavy (non-hydrogen) atoms. The van der Waals surface area contributed by atoms with Crippen LogP contribution in [0, 0.1) is 6.92 Å². The fraction of sp³-hybridized carbons (Fsp3) is 0.310. The molecule has 0 bridgehead atoms. The van der Waals surface area contributed by atoms with Crippen molar-refractivity contribution in [2.24, 2.45) is 0 Å². The number of aryl methyl sites for hydroxylation is 1. The van der Waals surface area contributed by atoms with Crippen molar-refractivity contribution in [2.75, 3.05) is 10.6 Å². The monoisotopic (exact) mass is 530 g/mol. The normalized spacial score (nSPS) is 13.1. The maximum atomic E-state index is 13.3. The number of amides is 2. The lowest BCUT2D eigenvalue weighted by molar-refractivity contribution is 0.262. The number of benzene rings is 2.